The zero-order chi connectivity index (χ0) is 9.84. The van der Waals surface area contributed by atoms with Crippen molar-refractivity contribution in [2.24, 2.45) is 0 Å². The summed E-state index contributed by atoms with van der Waals surface area (Å²) < 4.78 is 0. The van der Waals surface area contributed by atoms with Gasteiger partial charge in [-0.3, -0.25) is 0 Å². The summed E-state index contributed by atoms with van der Waals surface area (Å²) in [6.07, 6.45) is -0.553. The molecule has 0 aromatic heterocycles. The van der Waals surface area contributed by atoms with Gasteiger partial charge in [0.05, 0.1) is 6.10 Å². The highest BCUT2D eigenvalue weighted by Gasteiger charge is 2.07. The molecule has 1 radical (unpaired) electrons. The van der Waals surface area contributed by atoms with E-state index in [1.54, 1.807) is 36.2 Å². The van der Waals surface area contributed by atoms with Crippen LogP contribution < -0.4 is 0 Å². The number of aliphatic hydroxyl groups excluding tert-OH is 1. The number of aliphatic hydroxyl groups is 1. The van der Waals surface area contributed by atoms with Gasteiger partial charge in [-0.2, -0.15) is 0 Å². The minimum absolute atomic E-state index is 0.207. The molecule has 0 saturated heterocycles. The lowest BCUT2D eigenvalue weighted by molar-refractivity contribution is 0.144. The molecule has 0 bridgehead atoms. The first-order valence-electron chi connectivity index (χ1n) is 4.08. The summed E-state index contributed by atoms with van der Waals surface area (Å²) in [6.45, 7) is 0.477. The van der Waals surface area contributed by atoms with Crippen LogP contribution in [0.2, 0.25) is 0 Å². The molecule has 1 aromatic carbocycles. The van der Waals surface area contributed by atoms with E-state index in [9.17, 15) is 5.11 Å². The molecule has 0 amide bonds. The van der Waals surface area contributed by atoms with Gasteiger partial charge in [0.25, 0.3) is 0 Å². The normalized spacial score (nSPS) is 13.2. The lowest BCUT2D eigenvalue weighted by Crippen LogP contribution is -2.17. The second kappa shape index (κ2) is 4.25. The minimum atomic E-state index is -0.553. The van der Waals surface area contributed by atoms with Crippen molar-refractivity contribution in [2.45, 2.75) is 6.10 Å². The quantitative estimate of drug-likeness (QED) is 0.733. The molecule has 3 heteroatoms. The molecule has 0 spiro atoms. The van der Waals surface area contributed by atoms with Crippen molar-refractivity contribution < 1.29 is 10.2 Å². The van der Waals surface area contributed by atoms with E-state index in [0.29, 0.717) is 6.54 Å². The summed E-state index contributed by atoms with van der Waals surface area (Å²) in [5.74, 6) is 0.207. The van der Waals surface area contributed by atoms with Crippen LogP contribution in [-0.4, -0.2) is 28.7 Å². The Balaban J connectivity index is 2.66. The smallest absolute Gasteiger partial charge is 0.115 e. The van der Waals surface area contributed by atoms with Crippen LogP contribution in [0.3, 0.4) is 0 Å². The van der Waals surface area contributed by atoms with Gasteiger partial charge in [-0.25, -0.2) is 0 Å². The molecule has 0 heterocycles. The van der Waals surface area contributed by atoms with Gasteiger partial charge in [0.15, 0.2) is 0 Å². The van der Waals surface area contributed by atoms with Gasteiger partial charge in [-0.05, 0) is 24.7 Å². The van der Waals surface area contributed by atoms with Crippen LogP contribution in [0.15, 0.2) is 24.3 Å². The molecule has 1 unspecified atom stereocenters. The number of phenols is 1. The summed E-state index contributed by atoms with van der Waals surface area (Å²) in [7, 11) is 5.44. The van der Waals surface area contributed by atoms with Crippen LogP contribution in [0.25, 0.3) is 0 Å². The van der Waals surface area contributed by atoms with Crippen LogP contribution >= 0.6 is 0 Å². The molecule has 13 heavy (non-hydrogen) atoms. The minimum Gasteiger partial charge on any atom is -0.508 e. The Hall–Kier alpha value is -1.06. The van der Waals surface area contributed by atoms with Crippen LogP contribution in [0, 0.1) is 7.05 Å². The summed E-state index contributed by atoms with van der Waals surface area (Å²) in [5.41, 5.74) is 0.785. The fraction of sp³-hybridized carbons (Fsp3) is 0.300. The Bertz CT molecular complexity index is 256. The van der Waals surface area contributed by atoms with E-state index in [-0.39, 0.29) is 5.75 Å². The van der Waals surface area contributed by atoms with Gasteiger partial charge in [0, 0.05) is 13.6 Å². The van der Waals surface area contributed by atoms with Gasteiger partial charge >= 0.3 is 0 Å². The highest BCUT2D eigenvalue weighted by Crippen LogP contribution is 2.16. The molecule has 71 valence electrons. The zero-order valence-electron chi connectivity index (χ0n) is 7.64. The van der Waals surface area contributed by atoms with E-state index in [1.807, 2.05) is 0 Å². The maximum absolute atomic E-state index is 9.62. The Morgan fingerprint density at radius 1 is 1.38 bits per heavy atom. The lowest BCUT2D eigenvalue weighted by Gasteiger charge is -2.15. The third kappa shape index (κ3) is 3.05. The van der Waals surface area contributed by atoms with Crippen molar-refractivity contribution in [3.8, 4) is 5.75 Å². The van der Waals surface area contributed by atoms with E-state index in [1.165, 1.54) is 0 Å². The van der Waals surface area contributed by atoms with Gasteiger partial charge < -0.3 is 15.1 Å². The molecular formula is C10H14NO2. The fourth-order valence-electron chi connectivity index (χ4n) is 1.10. The van der Waals surface area contributed by atoms with E-state index < -0.39 is 6.10 Å². The van der Waals surface area contributed by atoms with Crippen molar-refractivity contribution in [1.82, 2.24) is 4.90 Å². The Morgan fingerprint density at radius 2 is 1.92 bits per heavy atom. The molecule has 1 atom stereocenters. The van der Waals surface area contributed by atoms with Crippen LogP contribution in [0.4, 0.5) is 0 Å². The summed E-state index contributed by atoms with van der Waals surface area (Å²) >= 11 is 0. The molecule has 2 N–H and O–H groups in total. The van der Waals surface area contributed by atoms with E-state index in [4.69, 9.17) is 5.11 Å². The highest BCUT2D eigenvalue weighted by atomic mass is 16.3. The predicted molar refractivity (Wildman–Crippen MR) is 51.1 cm³/mol. The average Bonchev–Trinajstić information content (AvgIpc) is 2.04. The molecule has 0 saturated carbocycles. The van der Waals surface area contributed by atoms with Crippen molar-refractivity contribution in [3.05, 3.63) is 36.9 Å². The highest BCUT2D eigenvalue weighted by molar-refractivity contribution is 5.27. The number of nitrogens with zero attached hydrogens (tertiary/aromatic N) is 1. The van der Waals surface area contributed by atoms with Gasteiger partial charge in [0.1, 0.15) is 5.75 Å². The van der Waals surface area contributed by atoms with Crippen LogP contribution in [0.5, 0.6) is 5.75 Å². The number of rotatable bonds is 3. The third-order valence-electron chi connectivity index (χ3n) is 1.76. The molecular weight excluding hydrogens is 166 g/mol. The summed E-state index contributed by atoms with van der Waals surface area (Å²) in [4.78, 5) is 1.66. The Labute approximate surface area is 78.2 Å². The SMILES string of the molecule is [CH2]N(C)CC(O)c1ccc(O)cc1. The van der Waals surface area contributed by atoms with E-state index >= 15 is 0 Å². The zero-order valence-corrected chi connectivity index (χ0v) is 7.64. The van der Waals surface area contributed by atoms with Crippen LogP contribution in [-0.2, 0) is 0 Å². The molecule has 0 aliphatic rings. The summed E-state index contributed by atoms with van der Waals surface area (Å²) in [5, 5.41) is 18.6. The molecule has 0 fully saturated rings. The number of benzene rings is 1. The standard InChI is InChI=1S/C10H14NO2/c1-11(2)7-10(13)8-3-5-9(12)6-4-8/h3-6,10,12-13H,1,7H2,2H3. The number of phenolic OH excluding ortho intramolecular Hbond substituents is 1. The molecule has 0 aliphatic carbocycles. The summed E-state index contributed by atoms with van der Waals surface area (Å²) in [6, 6.07) is 6.51. The molecule has 0 aliphatic heterocycles. The first kappa shape index (κ1) is 10.0. The number of aromatic hydroxyl groups is 1. The maximum Gasteiger partial charge on any atom is 0.115 e. The number of hydrogen-bond acceptors (Lipinski definition) is 3. The van der Waals surface area contributed by atoms with Crippen molar-refractivity contribution in [3.63, 3.8) is 0 Å². The van der Waals surface area contributed by atoms with Gasteiger partial charge in [-0.15, -0.1) is 0 Å². The second-order valence-corrected chi connectivity index (χ2v) is 3.15. The fourth-order valence-corrected chi connectivity index (χ4v) is 1.10. The van der Waals surface area contributed by atoms with Crippen molar-refractivity contribution in [2.75, 3.05) is 13.6 Å². The number of likely N-dealkylation sites (N-methyl/N-ethyl adjacent to an activating group) is 1. The molecule has 1 rings (SSSR count). The monoisotopic (exact) mass is 180 g/mol. The van der Waals surface area contributed by atoms with Crippen molar-refractivity contribution >= 4 is 0 Å². The Kier molecular flexibility index (Phi) is 3.28. The number of hydrogen-bond donors (Lipinski definition) is 2. The van der Waals surface area contributed by atoms with Gasteiger partial charge in [-0.1, -0.05) is 12.1 Å². The molecule has 1 aromatic rings. The molecule has 3 nitrogen and oxygen atoms in total. The maximum atomic E-state index is 9.62. The van der Waals surface area contributed by atoms with Crippen molar-refractivity contribution in [1.29, 1.82) is 0 Å². The second-order valence-electron chi connectivity index (χ2n) is 3.15. The first-order valence-corrected chi connectivity index (χ1v) is 4.08. The largest absolute Gasteiger partial charge is 0.508 e. The van der Waals surface area contributed by atoms with E-state index in [2.05, 4.69) is 7.05 Å². The average molecular weight is 180 g/mol. The van der Waals surface area contributed by atoms with Crippen LogP contribution in [0.1, 0.15) is 11.7 Å². The third-order valence-corrected chi connectivity index (χ3v) is 1.76. The topological polar surface area (TPSA) is 43.7 Å². The lowest BCUT2D eigenvalue weighted by atomic mass is 10.1. The van der Waals surface area contributed by atoms with E-state index in [0.717, 1.165) is 5.56 Å². The first-order chi connectivity index (χ1) is 6.09. The van der Waals surface area contributed by atoms with Gasteiger partial charge in [0.2, 0.25) is 0 Å². The predicted octanol–water partition coefficient (Wildman–Crippen LogP) is 1.15. The Morgan fingerprint density at radius 3 is 2.38 bits per heavy atom.